The second kappa shape index (κ2) is 7.52. The first kappa shape index (κ1) is 17.9. The number of allylic oxidation sites excluding steroid dienone is 2. The number of phenolic OH excluding ortho intramolecular Hbond substituents is 2. The lowest BCUT2D eigenvalue weighted by molar-refractivity contribution is -0.114. The minimum Gasteiger partial charge on any atom is -0.507 e. The predicted molar refractivity (Wildman–Crippen MR) is 98.5 cm³/mol. The average Bonchev–Trinajstić information content (AvgIpc) is 2.64. The van der Waals surface area contributed by atoms with Gasteiger partial charge in [-0.25, -0.2) is 0 Å². The van der Waals surface area contributed by atoms with Gasteiger partial charge in [-0.3, -0.25) is 4.79 Å². The summed E-state index contributed by atoms with van der Waals surface area (Å²) in [7, 11) is 3.04. The van der Waals surface area contributed by atoms with E-state index in [0.717, 1.165) is 11.1 Å². The quantitative estimate of drug-likeness (QED) is 0.859. The summed E-state index contributed by atoms with van der Waals surface area (Å²) < 4.78 is 10.7. The van der Waals surface area contributed by atoms with Crippen molar-refractivity contribution in [1.29, 1.82) is 0 Å². The molecular formula is C21H22O5. The predicted octanol–water partition coefficient (Wildman–Crippen LogP) is 3.75. The first-order valence-corrected chi connectivity index (χ1v) is 8.51. The molecule has 2 aromatic carbocycles. The zero-order chi connectivity index (χ0) is 18.7. The van der Waals surface area contributed by atoms with E-state index in [1.54, 1.807) is 25.3 Å². The number of ether oxygens (including phenoxy) is 2. The van der Waals surface area contributed by atoms with Gasteiger partial charge in [-0.1, -0.05) is 6.07 Å². The lowest BCUT2D eigenvalue weighted by Crippen LogP contribution is -2.00. The highest BCUT2D eigenvalue weighted by Gasteiger charge is 2.17. The number of aryl methyl sites for hydroxylation is 2. The fourth-order valence-electron chi connectivity index (χ4n) is 3.21. The Hall–Kier alpha value is -2.95. The van der Waals surface area contributed by atoms with E-state index in [-0.39, 0.29) is 17.3 Å². The largest absolute Gasteiger partial charge is 0.507 e. The molecule has 0 spiro atoms. The van der Waals surface area contributed by atoms with Crippen LogP contribution in [-0.4, -0.2) is 30.2 Å². The van der Waals surface area contributed by atoms with Crippen LogP contribution in [0.4, 0.5) is 0 Å². The number of aromatic hydroxyl groups is 2. The van der Waals surface area contributed by atoms with E-state index in [4.69, 9.17) is 9.47 Å². The maximum atomic E-state index is 12.2. The number of carbonyl (C=O) groups excluding carboxylic acids is 1. The first-order valence-electron chi connectivity index (χ1n) is 8.51. The minimum atomic E-state index is -0.0208. The second-order valence-corrected chi connectivity index (χ2v) is 6.33. The molecule has 0 aromatic heterocycles. The molecule has 0 saturated carbocycles. The number of hydrogen-bond acceptors (Lipinski definition) is 5. The smallest absolute Gasteiger partial charge is 0.168 e. The highest BCUT2D eigenvalue weighted by atomic mass is 16.5. The van der Waals surface area contributed by atoms with Gasteiger partial charge in [-0.2, -0.15) is 0 Å². The molecule has 0 saturated heterocycles. The standard InChI is InChI=1S/C21H22O5/c1-25-16-7-4-13-5-8-19(23)17(9-13)18-10-14(3-6-15(22)12-16)11-20(24)21(18)26-2/h5,8-12,23-24H,3-4,6-7H2,1-2H3/b16-12-. The molecule has 0 aliphatic heterocycles. The van der Waals surface area contributed by atoms with Crippen LogP contribution < -0.4 is 4.74 Å². The van der Waals surface area contributed by atoms with E-state index in [1.807, 2.05) is 18.2 Å². The van der Waals surface area contributed by atoms with Gasteiger partial charge in [0.05, 0.1) is 20.0 Å². The summed E-state index contributed by atoms with van der Waals surface area (Å²) >= 11 is 0. The van der Waals surface area contributed by atoms with E-state index < -0.39 is 0 Å². The Kier molecular flexibility index (Phi) is 5.16. The summed E-state index contributed by atoms with van der Waals surface area (Å²) in [6, 6.07) is 8.79. The van der Waals surface area contributed by atoms with E-state index in [1.165, 1.54) is 7.11 Å². The van der Waals surface area contributed by atoms with Crippen LogP contribution >= 0.6 is 0 Å². The molecule has 3 rings (SSSR count). The lowest BCUT2D eigenvalue weighted by atomic mass is 9.96. The Labute approximate surface area is 152 Å². The molecule has 1 aliphatic carbocycles. The summed E-state index contributed by atoms with van der Waals surface area (Å²) in [5, 5.41) is 20.7. The van der Waals surface area contributed by atoms with Crippen LogP contribution in [0.1, 0.15) is 24.0 Å². The normalized spacial score (nSPS) is 16.5. The van der Waals surface area contributed by atoms with Crippen LogP contribution in [0.5, 0.6) is 17.2 Å². The van der Waals surface area contributed by atoms with Crippen molar-refractivity contribution in [2.75, 3.05) is 14.2 Å². The van der Waals surface area contributed by atoms with Crippen molar-refractivity contribution in [2.24, 2.45) is 0 Å². The monoisotopic (exact) mass is 354 g/mol. The molecule has 1 aliphatic rings. The molecule has 0 amide bonds. The van der Waals surface area contributed by atoms with Crippen molar-refractivity contribution in [3.63, 3.8) is 0 Å². The van der Waals surface area contributed by atoms with Crippen molar-refractivity contribution in [2.45, 2.75) is 25.7 Å². The van der Waals surface area contributed by atoms with Crippen molar-refractivity contribution < 1.29 is 24.5 Å². The molecule has 26 heavy (non-hydrogen) atoms. The molecule has 0 heterocycles. The molecule has 5 heteroatoms. The Bertz CT molecular complexity index is 867. The highest BCUT2D eigenvalue weighted by molar-refractivity contribution is 5.90. The topological polar surface area (TPSA) is 76.0 Å². The Morgan fingerprint density at radius 3 is 2.27 bits per heavy atom. The van der Waals surface area contributed by atoms with Gasteiger partial charge in [-0.15, -0.1) is 0 Å². The number of carbonyl (C=O) groups is 1. The van der Waals surface area contributed by atoms with Gasteiger partial charge in [0.25, 0.3) is 0 Å². The second-order valence-electron chi connectivity index (χ2n) is 6.33. The van der Waals surface area contributed by atoms with E-state index in [9.17, 15) is 15.0 Å². The van der Waals surface area contributed by atoms with Gasteiger partial charge >= 0.3 is 0 Å². The zero-order valence-electron chi connectivity index (χ0n) is 14.9. The average molecular weight is 354 g/mol. The summed E-state index contributed by atoms with van der Waals surface area (Å²) in [5.41, 5.74) is 2.97. The molecule has 0 atom stereocenters. The Morgan fingerprint density at radius 2 is 1.54 bits per heavy atom. The van der Waals surface area contributed by atoms with Crippen LogP contribution in [0.25, 0.3) is 11.1 Å². The third-order valence-electron chi connectivity index (χ3n) is 4.59. The number of fused-ring (bicyclic) bond motifs is 5. The number of phenols is 2. The summed E-state index contributed by atoms with van der Waals surface area (Å²) in [6.45, 7) is 0. The Balaban J connectivity index is 2.17. The van der Waals surface area contributed by atoms with Crippen LogP contribution in [-0.2, 0) is 22.4 Å². The molecule has 2 aromatic rings. The van der Waals surface area contributed by atoms with Gasteiger partial charge in [0.15, 0.2) is 17.3 Å². The maximum Gasteiger partial charge on any atom is 0.168 e. The van der Waals surface area contributed by atoms with Crippen molar-refractivity contribution in [3.05, 3.63) is 53.3 Å². The van der Waals surface area contributed by atoms with Crippen LogP contribution in [0, 0.1) is 0 Å². The van der Waals surface area contributed by atoms with E-state index in [0.29, 0.717) is 48.3 Å². The van der Waals surface area contributed by atoms with Gasteiger partial charge in [0.1, 0.15) is 5.75 Å². The molecule has 0 unspecified atom stereocenters. The van der Waals surface area contributed by atoms with Gasteiger partial charge in [0, 0.05) is 30.0 Å². The zero-order valence-corrected chi connectivity index (χ0v) is 14.9. The summed E-state index contributed by atoms with van der Waals surface area (Å²) in [6.07, 6.45) is 3.57. The van der Waals surface area contributed by atoms with Gasteiger partial charge in [-0.05, 0) is 48.2 Å². The van der Waals surface area contributed by atoms with Gasteiger partial charge < -0.3 is 19.7 Å². The lowest BCUT2D eigenvalue weighted by Gasteiger charge is -2.15. The Morgan fingerprint density at radius 1 is 0.808 bits per heavy atom. The van der Waals surface area contributed by atoms with E-state index >= 15 is 0 Å². The van der Waals surface area contributed by atoms with E-state index in [2.05, 4.69) is 0 Å². The number of benzene rings is 2. The fraction of sp³-hybridized carbons (Fsp3) is 0.286. The van der Waals surface area contributed by atoms with Gasteiger partial charge in [0.2, 0.25) is 0 Å². The highest BCUT2D eigenvalue weighted by Crippen LogP contribution is 2.42. The number of hydrogen-bond donors (Lipinski definition) is 2. The fourth-order valence-corrected chi connectivity index (χ4v) is 3.21. The molecule has 0 radical (unpaired) electrons. The third kappa shape index (κ3) is 3.67. The first-order chi connectivity index (χ1) is 12.5. The summed E-state index contributed by atoms with van der Waals surface area (Å²) in [4.78, 5) is 12.2. The molecular weight excluding hydrogens is 332 g/mol. The minimum absolute atomic E-state index is 0.0137. The van der Waals surface area contributed by atoms with Crippen molar-refractivity contribution >= 4 is 5.78 Å². The molecule has 2 N–H and O–H groups in total. The molecule has 136 valence electrons. The molecule has 5 nitrogen and oxygen atoms in total. The van der Waals surface area contributed by atoms with Crippen LogP contribution in [0.2, 0.25) is 0 Å². The number of methoxy groups -OCH3 is 2. The third-order valence-corrected chi connectivity index (χ3v) is 4.59. The SMILES string of the molecule is CO/C1=C\C(=O)CCc2cc(O)c(OC)c(c2)-c2cc(ccc2O)CC1. The maximum absolute atomic E-state index is 12.2. The molecule has 4 bridgehead atoms. The molecule has 0 fully saturated rings. The van der Waals surface area contributed by atoms with Crippen LogP contribution in [0.15, 0.2) is 42.2 Å². The number of ketones is 1. The van der Waals surface area contributed by atoms with Crippen molar-refractivity contribution in [3.8, 4) is 28.4 Å². The number of rotatable bonds is 2. The summed E-state index contributed by atoms with van der Waals surface area (Å²) in [5.74, 6) is 1.01. The van der Waals surface area contributed by atoms with Crippen molar-refractivity contribution in [1.82, 2.24) is 0 Å². The van der Waals surface area contributed by atoms with Crippen LogP contribution in [0.3, 0.4) is 0 Å².